The number of aromatic nitrogens is 1. The molecule has 98 valence electrons. The van der Waals surface area contributed by atoms with Crippen LogP contribution in [0.3, 0.4) is 0 Å². The minimum atomic E-state index is 0.0351. The quantitative estimate of drug-likeness (QED) is 0.785. The van der Waals surface area contributed by atoms with Crippen LogP contribution < -0.4 is 0 Å². The van der Waals surface area contributed by atoms with Gasteiger partial charge in [-0.2, -0.15) is 0 Å². The number of halogens is 1. The average Bonchev–Trinajstić information content (AvgIpc) is 2.38. The number of alkyl halides is 1. The summed E-state index contributed by atoms with van der Waals surface area (Å²) < 4.78 is 5.62. The largest absolute Gasteiger partial charge is 0.373 e. The number of carbonyl (C=O) groups is 1. The van der Waals surface area contributed by atoms with Gasteiger partial charge in [-0.25, -0.2) is 0 Å². The molecule has 1 fully saturated rings. The first kappa shape index (κ1) is 13.5. The van der Waals surface area contributed by atoms with Crippen LogP contribution >= 0.6 is 15.9 Å². The van der Waals surface area contributed by atoms with E-state index in [1.807, 2.05) is 24.8 Å². The zero-order chi connectivity index (χ0) is 13.1. The van der Waals surface area contributed by atoms with Gasteiger partial charge in [0.25, 0.3) is 5.91 Å². The highest BCUT2D eigenvalue weighted by Gasteiger charge is 2.29. The fourth-order valence-electron chi connectivity index (χ4n) is 2.03. The van der Waals surface area contributed by atoms with Crippen molar-refractivity contribution in [1.29, 1.82) is 0 Å². The Balaban J connectivity index is 2.16. The topological polar surface area (TPSA) is 42.4 Å². The number of hydrogen-bond acceptors (Lipinski definition) is 3. The second kappa shape index (κ2) is 5.80. The highest BCUT2D eigenvalue weighted by atomic mass is 79.9. The van der Waals surface area contributed by atoms with Gasteiger partial charge in [-0.3, -0.25) is 9.78 Å². The smallest absolute Gasteiger partial charge is 0.255 e. The molecule has 0 aliphatic carbocycles. The molecule has 1 aromatic rings. The fraction of sp³-hybridized carbons (Fsp3) is 0.538. The van der Waals surface area contributed by atoms with E-state index in [0.29, 0.717) is 18.7 Å². The van der Waals surface area contributed by atoms with Crippen LogP contribution in [0.25, 0.3) is 0 Å². The van der Waals surface area contributed by atoms with Gasteiger partial charge >= 0.3 is 0 Å². The number of amides is 1. The van der Waals surface area contributed by atoms with Gasteiger partial charge in [-0.1, -0.05) is 15.9 Å². The molecule has 2 atom stereocenters. The maximum atomic E-state index is 12.4. The van der Waals surface area contributed by atoms with Crippen molar-refractivity contribution in [1.82, 2.24) is 9.88 Å². The lowest BCUT2D eigenvalue weighted by atomic mass is 10.1. The number of ether oxygens (including phenoxy) is 1. The summed E-state index contributed by atoms with van der Waals surface area (Å²) >= 11 is 3.40. The van der Waals surface area contributed by atoms with Gasteiger partial charge in [-0.15, -0.1) is 0 Å². The van der Waals surface area contributed by atoms with Crippen LogP contribution in [0.1, 0.15) is 22.8 Å². The highest BCUT2D eigenvalue weighted by Crippen LogP contribution is 2.16. The number of rotatable bonds is 2. The van der Waals surface area contributed by atoms with Crippen molar-refractivity contribution in [2.24, 2.45) is 0 Å². The Morgan fingerprint density at radius 3 is 3.06 bits per heavy atom. The van der Waals surface area contributed by atoms with E-state index in [4.69, 9.17) is 4.74 Å². The number of hydrogen-bond donors (Lipinski definition) is 0. The Morgan fingerprint density at radius 2 is 2.39 bits per heavy atom. The number of nitrogens with zero attached hydrogens (tertiary/aromatic N) is 2. The molecular weight excluding hydrogens is 296 g/mol. The molecule has 1 aromatic heterocycles. The van der Waals surface area contributed by atoms with E-state index in [2.05, 4.69) is 20.9 Å². The van der Waals surface area contributed by atoms with Gasteiger partial charge in [0.2, 0.25) is 0 Å². The van der Waals surface area contributed by atoms with Crippen molar-refractivity contribution in [2.45, 2.75) is 26.0 Å². The molecule has 5 heteroatoms. The number of aryl methyl sites for hydroxylation is 1. The van der Waals surface area contributed by atoms with E-state index in [1.165, 1.54) is 0 Å². The Morgan fingerprint density at radius 1 is 1.61 bits per heavy atom. The normalized spacial score (nSPS) is 24.1. The lowest BCUT2D eigenvalue weighted by molar-refractivity contribution is -0.0361. The van der Waals surface area contributed by atoms with E-state index in [9.17, 15) is 4.79 Å². The molecule has 1 aliphatic rings. The van der Waals surface area contributed by atoms with Crippen LogP contribution in [-0.4, -0.2) is 46.4 Å². The molecule has 0 N–H and O–H groups in total. The van der Waals surface area contributed by atoms with Crippen molar-refractivity contribution in [3.63, 3.8) is 0 Å². The molecule has 0 aromatic carbocycles. The van der Waals surface area contributed by atoms with Crippen LogP contribution in [0.15, 0.2) is 18.5 Å². The molecule has 0 bridgehead atoms. The zero-order valence-electron chi connectivity index (χ0n) is 10.6. The Hall–Kier alpha value is -0.940. The SMILES string of the molecule is Cc1cncc(C(=O)N2CC(CBr)OCC2C)c1. The zero-order valence-corrected chi connectivity index (χ0v) is 12.2. The summed E-state index contributed by atoms with van der Waals surface area (Å²) in [6.07, 6.45) is 3.45. The molecule has 0 radical (unpaired) electrons. The highest BCUT2D eigenvalue weighted by molar-refractivity contribution is 9.09. The van der Waals surface area contributed by atoms with Gasteiger partial charge in [0.1, 0.15) is 0 Å². The van der Waals surface area contributed by atoms with Crippen molar-refractivity contribution in [3.8, 4) is 0 Å². The van der Waals surface area contributed by atoms with E-state index in [0.717, 1.165) is 10.9 Å². The maximum Gasteiger partial charge on any atom is 0.255 e. The molecule has 0 spiro atoms. The van der Waals surface area contributed by atoms with E-state index in [-0.39, 0.29) is 18.1 Å². The second-order valence-corrected chi connectivity index (χ2v) is 5.31. The third kappa shape index (κ3) is 2.90. The molecule has 4 nitrogen and oxygen atoms in total. The Labute approximate surface area is 115 Å². The average molecular weight is 313 g/mol. The van der Waals surface area contributed by atoms with E-state index >= 15 is 0 Å². The van der Waals surface area contributed by atoms with Crippen molar-refractivity contribution >= 4 is 21.8 Å². The third-order valence-electron chi connectivity index (χ3n) is 3.06. The molecule has 1 amide bonds. The van der Waals surface area contributed by atoms with E-state index in [1.54, 1.807) is 12.4 Å². The van der Waals surface area contributed by atoms with Crippen molar-refractivity contribution in [3.05, 3.63) is 29.6 Å². The summed E-state index contributed by atoms with van der Waals surface area (Å²) in [6, 6.07) is 1.98. The van der Waals surface area contributed by atoms with Crippen LogP contribution in [0.4, 0.5) is 0 Å². The summed E-state index contributed by atoms with van der Waals surface area (Å²) in [5, 5.41) is 0.746. The summed E-state index contributed by atoms with van der Waals surface area (Å²) in [6.45, 7) is 5.15. The van der Waals surface area contributed by atoms with Gasteiger partial charge < -0.3 is 9.64 Å². The Kier molecular flexibility index (Phi) is 4.35. The number of pyridine rings is 1. The summed E-state index contributed by atoms with van der Waals surface area (Å²) in [5.41, 5.74) is 1.65. The van der Waals surface area contributed by atoms with Gasteiger partial charge in [0, 0.05) is 24.3 Å². The predicted molar refractivity (Wildman–Crippen MR) is 73.0 cm³/mol. The van der Waals surface area contributed by atoms with Crippen LogP contribution in [0, 0.1) is 6.92 Å². The number of carbonyl (C=O) groups excluding carboxylic acids is 1. The van der Waals surface area contributed by atoms with Crippen molar-refractivity contribution in [2.75, 3.05) is 18.5 Å². The third-order valence-corrected chi connectivity index (χ3v) is 3.78. The molecule has 18 heavy (non-hydrogen) atoms. The van der Waals surface area contributed by atoms with Crippen molar-refractivity contribution < 1.29 is 9.53 Å². The van der Waals surface area contributed by atoms with Gasteiger partial charge in [0.15, 0.2) is 0 Å². The van der Waals surface area contributed by atoms with E-state index < -0.39 is 0 Å². The predicted octanol–water partition coefficient (Wildman–Crippen LogP) is 2.01. The molecule has 2 heterocycles. The first-order valence-corrected chi connectivity index (χ1v) is 7.14. The molecule has 2 rings (SSSR count). The van der Waals surface area contributed by atoms with Crippen LogP contribution in [0.2, 0.25) is 0 Å². The monoisotopic (exact) mass is 312 g/mol. The summed E-state index contributed by atoms with van der Waals surface area (Å²) in [4.78, 5) is 18.4. The summed E-state index contributed by atoms with van der Waals surface area (Å²) in [5.74, 6) is 0.0351. The van der Waals surface area contributed by atoms with Gasteiger partial charge in [0.05, 0.1) is 24.3 Å². The standard InChI is InChI=1S/C13H17BrN2O2/c1-9-3-11(6-15-5-9)13(17)16-7-12(4-14)18-8-10(16)2/h3,5-6,10,12H,4,7-8H2,1-2H3. The maximum absolute atomic E-state index is 12.4. The van der Waals surface area contributed by atoms with Crippen LogP contribution in [-0.2, 0) is 4.74 Å². The Bertz CT molecular complexity index is 439. The first-order valence-electron chi connectivity index (χ1n) is 6.02. The molecule has 1 aliphatic heterocycles. The lowest BCUT2D eigenvalue weighted by Gasteiger charge is -2.37. The summed E-state index contributed by atoms with van der Waals surface area (Å²) in [7, 11) is 0. The van der Waals surface area contributed by atoms with Crippen LogP contribution in [0.5, 0.6) is 0 Å². The molecule has 0 saturated carbocycles. The first-order chi connectivity index (χ1) is 8.61. The minimum absolute atomic E-state index is 0.0351. The lowest BCUT2D eigenvalue weighted by Crippen LogP contribution is -2.51. The molecule has 2 unspecified atom stereocenters. The second-order valence-electron chi connectivity index (χ2n) is 4.67. The number of morpholine rings is 1. The fourth-order valence-corrected chi connectivity index (χ4v) is 2.42. The molecular formula is C13H17BrN2O2. The van der Waals surface area contributed by atoms with Gasteiger partial charge in [-0.05, 0) is 25.5 Å². The minimum Gasteiger partial charge on any atom is -0.373 e. The molecule has 1 saturated heterocycles.